The van der Waals surface area contributed by atoms with Crippen LogP contribution in [0.25, 0.3) is 10.4 Å². The Labute approximate surface area is 256 Å². The number of aliphatic hydroxyl groups excluding tert-OH is 1. The lowest BCUT2D eigenvalue weighted by molar-refractivity contribution is -0.341. The van der Waals surface area contributed by atoms with Crippen LogP contribution < -0.4 is 0 Å². The van der Waals surface area contributed by atoms with Gasteiger partial charge in [0.2, 0.25) is 0 Å². The Kier molecular flexibility index (Phi) is 11.6. The molecule has 2 aliphatic heterocycles. The zero-order chi connectivity index (χ0) is 30.6. The zero-order valence-electron chi connectivity index (χ0n) is 24.5. The van der Waals surface area contributed by atoms with Gasteiger partial charge in [0, 0.05) is 30.2 Å². The molecule has 11 heteroatoms. The van der Waals surface area contributed by atoms with Gasteiger partial charge in [-0.05, 0) is 35.9 Å². The number of amides is 1. The van der Waals surface area contributed by atoms with Crippen molar-refractivity contribution in [3.05, 3.63) is 118 Å². The summed E-state index contributed by atoms with van der Waals surface area (Å²) in [5.74, 6) is 0. The molecule has 232 valence electrons. The summed E-state index contributed by atoms with van der Waals surface area (Å²) in [6, 6.07) is 27.9. The number of hydrogen-bond donors (Lipinski definition) is 1. The van der Waals surface area contributed by atoms with Crippen molar-refractivity contribution in [2.75, 3.05) is 19.8 Å². The molecule has 1 amide bonds. The van der Waals surface area contributed by atoms with Gasteiger partial charge >= 0.3 is 6.09 Å². The van der Waals surface area contributed by atoms with Crippen molar-refractivity contribution in [3.63, 3.8) is 0 Å². The number of carbonyl (C=O) groups excluding carboxylic acids is 1. The van der Waals surface area contributed by atoms with Gasteiger partial charge in [-0.25, -0.2) is 4.79 Å². The van der Waals surface area contributed by atoms with Gasteiger partial charge in [0.25, 0.3) is 0 Å². The van der Waals surface area contributed by atoms with Gasteiger partial charge in [-0.2, -0.15) is 0 Å². The van der Waals surface area contributed by atoms with Gasteiger partial charge in [-0.15, -0.1) is 0 Å². The van der Waals surface area contributed by atoms with E-state index in [4.69, 9.17) is 29.2 Å². The quantitative estimate of drug-likeness (QED) is 0.112. The summed E-state index contributed by atoms with van der Waals surface area (Å²) in [4.78, 5) is 17.6. The Balaban J connectivity index is 1.09. The van der Waals surface area contributed by atoms with Gasteiger partial charge in [0.15, 0.2) is 12.6 Å². The number of benzene rings is 3. The number of aliphatic hydroxyl groups is 1. The van der Waals surface area contributed by atoms with Crippen LogP contribution in [-0.4, -0.2) is 66.5 Å². The molecule has 6 atom stereocenters. The summed E-state index contributed by atoms with van der Waals surface area (Å²) in [5.41, 5.74) is 11.9. The van der Waals surface area contributed by atoms with Crippen LogP contribution >= 0.6 is 0 Å². The maximum Gasteiger partial charge on any atom is 0.410 e. The highest BCUT2D eigenvalue weighted by atomic mass is 16.7. The van der Waals surface area contributed by atoms with Crippen LogP contribution in [0, 0.1) is 0 Å². The molecule has 2 aliphatic rings. The van der Waals surface area contributed by atoms with E-state index in [2.05, 4.69) is 10.0 Å². The molecule has 44 heavy (non-hydrogen) atoms. The average Bonchev–Trinajstić information content (AvgIpc) is 3.07. The van der Waals surface area contributed by atoms with E-state index in [0.717, 1.165) is 29.5 Å². The van der Waals surface area contributed by atoms with Crippen molar-refractivity contribution in [2.45, 2.75) is 69.3 Å². The van der Waals surface area contributed by atoms with Crippen LogP contribution in [0.1, 0.15) is 42.2 Å². The number of unbranched alkanes of at least 4 members (excludes halogenated alkanes) is 2. The van der Waals surface area contributed by atoms with Gasteiger partial charge in [-0.1, -0.05) is 96.1 Å². The number of nitrogens with zero attached hydrogens (tertiary/aromatic N) is 4. The summed E-state index contributed by atoms with van der Waals surface area (Å²) in [7, 11) is 0. The molecule has 0 aliphatic carbocycles. The van der Waals surface area contributed by atoms with Crippen LogP contribution in [0.4, 0.5) is 4.79 Å². The first-order valence-corrected chi connectivity index (χ1v) is 14.9. The largest absolute Gasteiger partial charge is 0.445 e. The fourth-order valence-electron chi connectivity index (χ4n) is 5.31. The molecule has 0 aromatic heterocycles. The van der Waals surface area contributed by atoms with Crippen LogP contribution in [0.3, 0.4) is 0 Å². The fourth-order valence-corrected chi connectivity index (χ4v) is 5.31. The minimum atomic E-state index is -1.13. The Morgan fingerprint density at radius 1 is 0.932 bits per heavy atom. The second kappa shape index (κ2) is 16.2. The van der Waals surface area contributed by atoms with E-state index in [1.54, 1.807) is 4.90 Å². The van der Waals surface area contributed by atoms with Crippen molar-refractivity contribution in [1.29, 1.82) is 0 Å². The number of fused-ring (bicyclic) bond motifs is 1. The van der Waals surface area contributed by atoms with Crippen molar-refractivity contribution in [1.82, 2.24) is 4.90 Å². The van der Waals surface area contributed by atoms with E-state index in [1.807, 2.05) is 91.0 Å². The fraction of sp³-hybridized carbons (Fsp3) is 0.424. The van der Waals surface area contributed by atoms with E-state index in [1.165, 1.54) is 0 Å². The topological polar surface area (TPSA) is 135 Å². The maximum atomic E-state index is 13.0. The Morgan fingerprint density at radius 3 is 2.32 bits per heavy atom. The highest BCUT2D eigenvalue weighted by Gasteiger charge is 2.49. The monoisotopic (exact) mass is 602 g/mol. The standard InChI is InChI=1S/C33H38N4O7/c34-36-35-28-29(38)30-27(23-41-31(44-30)26-17-9-3-10-18-26)43-32(28)40-20-12-4-11-19-37(21-24-13-5-1-6-14-24)33(39)42-22-25-15-7-2-8-16-25/h1-3,5-10,13-18,27-32,38H,4,11-12,19-23H2/t27?,28?,29-,30-,31?,32+/m1/s1. The summed E-state index contributed by atoms with van der Waals surface area (Å²) in [6.07, 6.45) is -2.21. The lowest BCUT2D eigenvalue weighted by Gasteiger charge is -2.46. The van der Waals surface area contributed by atoms with E-state index in [-0.39, 0.29) is 19.3 Å². The van der Waals surface area contributed by atoms with E-state index in [9.17, 15) is 9.90 Å². The summed E-state index contributed by atoms with van der Waals surface area (Å²) in [5, 5.41) is 14.8. The SMILES string of the molecule is [N-]=[N+]=NC1[C@@H](OCCCCCN(Cc2ccccc2)C(=O)OCc2ccccc2)OC2COC(c3ccccc3)O[C@H]2[C@@H]1O. The molecular formula is C33H38N4O7. The van der Waals surface area contributed by atoms with Gasteiger partial charge in [0.1, 0.15) is 24.9 Å². The zero-order valence-corrected chi connectivity index (χ0v) is 24.5. The lowest BCUT2D eigenvalue weighted by Crippen LogP contribution is -2.61. The smallest absolute Gasteiger partial charge is 0.410 e. The third kappa shape index (κ3) is 8.57. The first-order valence-electron chi connectivity index (χ1n) is 14.9. The molecule has 0 bridgehead atoms. The molecule has 3 aromatic rings. The Hall–Kier alpha value is -3.96. The van der Waals surface area contributed by atoms with Crippen molar-refractivity contribution in [3.8, 4) is 0 Å². The molecule has 2 heterocycles. The molecule has 5 rings (SSSR count). The van der Waals surface area contributed by atoms with Gasteiger partial charge in [-0.3, -0.25) is 0 Å². The number of hydrogen-bond acceptors (Lipinski definition) is 8. The maximum absolute atomic E-state index is 13.0. The predicted octanol–water partition coefficient (Wildman–Crippen LogP) is 5.89. The molecule has 2 saturated heterocycles. The van der Waals surface area contributed by atoms with Crippen molar-refractivity contribution < 1.29 is 33.6 Å². The Morgan fingerprint density at radius 2 is 1.61 bits per heavy atom. The second-order valence-corrected chi connectivity index (χ2v) is 10.8. The minimum absolute atomic E-state index is 0.196. The molecule has 1 N–H and O–H groups in total. The molecule has 0 spiro atoms. The third-order valence-corrected chi connectivity index (χ3v) is 7.62. The first kappa shape index (κ1) is 31.5. The normalized spacial score (nSPS) is 24.5. The minimum Gasteiger partial charge on any atom is -0.445 e. The Bertz CT molecular complexity index is 1340. The molecule has 3 unspecified atom stereocenters. The lowest BCUT2D eigenvalue weighted by atomic mass is 9.96. The summed E-state index contributed by atoms with van der Waals surface area (Å²) >= 11 is 0. The first-order chi connectivity index (χ1) is 21.6. The van der Waals surface area contributed by atoms with Crippen LogP contribution in [0.5, 0.6) is 0 Å². The van der Waals surface area contributed by atoms with Crippen molar-refractivity contribution >= 4 is 6.09 Å². The van der Waals surface area contributed by atoms with E-state index < -0.39 is 36.9 Å². The molecule has 2 fully saturated rings. The highest BCUT2D eigenvalue weighted by molar-refractivity contribution is 5.67. The summed E-state index contributed by atoms with van der Waals surface area (Å²) in [6.45, 7) is 1.69. The van der Waals surface area contributed by atoms with Crippen molar-refractivity contribution in [2.24, 2.45) is 5.11 Å². The number of ether oxygens (including phenoxy) is 5. The second-order valence-electron chi connectivity index (χ2n) is 10.8. The van der Waals surface area contributed by atoms with E-state index in [0.29, 0.717) is 26.1 Å². The van der Waals surface area contributed by atoms with Crippen LogP contribution in [0.15, 0.2) is 96.1 Å². The van der Waals surface area contributed by atoms with Crippen LogP contribution in [-0.2, 0) is 36.8 Å². The molecule has 0 radical (unpaired) electrons. The van der Waals surface area contributed by atoms with E-state index >= 15 is 0 Å². The molecule has 0 saturated carbocycles. The predicted molar refractivity (Wildman–Crippen MR) is 161 cm³/mol. The van der Waals surface area contributed by atoms with Crippen LogP contribution in [0.2, 0.25) is 0 Å². The third-order valence-electron chi connectivity index (χ3n) is 7.62. The number of rotatable bonds is 13. The number of azide groups is 1. The highest BCUT2D eigenvalue weighted by Crippen LogP contribution is 2.35. The molecular weight excluding hydrogens is 564 g/mol. The average molecular weight is 603 g/mol. The number of carbonyl (C=O) groups is 1. The molecule has 11 nitrogen and oxygen atoms in total. The molecule has 3 aromatic carbocycles. The van der Waals surface area contributed by atoms with Gasteiger partial charge < -0.3 is 33.7 Å². The summed E-state index contributed by atoms with van der Waals surface area (Å²) < 4.78 is 29.5. The van der Waals surface area contributed by atoms with Gasteiger partial charge in [0.05, 0.1) is 12.7 Å².